The zero-order valence-corrected chi connectivity index (χ0v) is 22.7. The first-order valence-corrected chi connectivity index (χ1v) is 13.7. The van der Waals surface area contributed by atoms with Crippen molar-refractivity contribution in [1.29, 1.82) is 0 Å². The molecule has 9 nitrogen and oxygen atoms in total. The van der Waals surface area contributed by atoms with Crippen molar-refractivity contribution < 1.29 is 28.2 Å². The minimum absolute atomic E-state index is 0.0130. The summed E-state index contributed by atoms with van der Waals surface area (Å²) in [7, 11) is 1.33. The first-order chi connectivity index (χ1) is 18.3. The van der Waals surface area contributed by atoms with E-state index in [9.17, 15) is 14.0 Å². The van der Waals surface area contributed by atoms with Gasteiger partial charge in [0.25, 0.3) is 0 Å². The number of ether oxygens (including phenoxy) is 1. The lowest BCUT2D eigenvalue weighted by molar-refractivity contribution is -0.137. The first kappa shape index (κ1) is 26.2. The number of halogens is 2. The van der Waals surface area contributed by atoms with Crippen LogP contribution in [0, 0.1) is 11.7 Å². The number of allylic oxidation sites excluding steroid dienone is 1. The van der Waals surface area contributed by atoms with E-state index in [4.69, 9.17) is 19.3 Å². The third-order valence-corrected chi connectivity index (χ3v) is 8.23. The van der Waals surface area contributed by atoms with Gasteiger partial charge in [-0.2, -0.15) is 0 Å². The molecule has 5 rings (SSSR count). The maximum Gasteiger partial charge on any atom is 0.338 e. The molecule has 2 aliphatic rings. The summed E-state index contributed by atoms with van der Waals surface area (Å²) >= 11 is 4.87. The van der Waals surface area contributed by atoms with E-state index in [0.717, 1.165) is 31.4 Å². The first-order valence-electron chi connectivity index (χ1n) is 12.0. The third kappa shape index (κ3) is 5.41. The van der Waals surface area contributed by atoms with Crippen LogP contribution in [0.25, 0.3) is 0 Å². The second-order valence-corrected chi connectivity index (χ2v) is 10.9. The van der Waals surface area contributed by atoms with Gasteiger partial charge in [-0.05, 0) is 49.3 Å². The standard InChI is InChI=1S/C26H24BrFN4O5S/c1-36-26(35)20-21(13-2-4-14(5-3-13)24-30-16(12-37-24)11-19(33)34)31-23(25-29-8-9-38-25)32-22(20)17-7-6-15(28)10-18(17)27/h6-10,12-14,22H,2-5,11H2,1H3,(H,31,32)(H,33,34). The van der Waals surface area contributed by atoms with Crippen LogP contribution in [0.4, 0.5) is 4.39 Å². The van der Waals surface area contributed by atoms with Crippen molar-refractivity contribution in [3.05, 3.63) is 79.8 Å². The van der Waals surface area contributed by atoms with Crippen molar-refractivity contribution in [2.24, 2.45) is 10.9 Å². The summed E-state index contributed by atoms with van der Waals surface area (Å²) in [4.78, 5) is 37.8. The third-order valence-electron chi connectivity index (χ3n) is 6.76. The number of nitrogens with one attached hydrogen (secondary N) is 1. The molecule has 0 radical (unpaired) electrons. The molecule has 0 bridgehead atoms. The maximum atomic E-state index is 13.9. The monoisotopic (exact) mass is 602 g/mol. The van der Waals surface area contributed by atoms with Gasteiger partial charge in [0.2, 0.25) is 0 Å². The summed E-state index contributed by atoms with van der Waals surface area (Å²) in [5, 5.41) is 14.9. The number of benzene rings is 1. The van der Waals surface area contributed by atoms with Crippen LogP contribution in [-0.4, -0.2) is 40.0 Å². The van der Waals surface area contributed by atoms with Crippen LogP contribution in [-0.2, 0) is 20.7 Å². The molecule has 1 aromatic carbocycles. The topological polar surface area (TPSA) is 127 Å². The van der Waals surface area contributed by atoms with Crippen LogP contribution >= 0.6 is 27.3 Å². The van der Waals surface area contributed by atoms with E-state index >= 15 is 0 Å². The number of carboxylic acid groups (broad SMARTS) is 1. The summed E-state index contributed by atoms with van der Waals surface area (Å²) < 4.78 is 25.2. The van der Waals surface area contributed by atoms with Gasteiger partial charge in [0, 0.05) is 27.7 Å². The number of amidine groups is 1. The predicted molar refractivity (Wildman–Crippen MR) is 140 cm³/mol. The number of rotatable bonds is 7. The fourth-order valence-electron chi connectivity index (χ4n) is 4.99. The second kappa shape index (κ2) is 11.2. The Kier molecular flexibility index (Phi) is 7.70. The summed E-state index contributed by atoms with van der Waals surface area (Å²) in [5.41, 5.74) is 2.13. The Balaban J connectivity index is 1.48. The molecule has 1 aliphatic carbocycles. The average Bonchev–Trinajstić information content (AvgIpc) is 3.60. The van der Waals surface area contributed by atoms with E-state index in [-0.39, 0.29) is 18.3 Å². The molecule has 38 heavy (non-hydrogen) atoms. The molecule has 198 valence electrons. The molecule has 1 fully saturated rings. The summed E-state index contributed by atoms with van der Waals surface area (Å²) in [6.07, 6.45) is 5.85. The molecular formula is C26H24BrFN4O5S. The fourth-order valence-corrected chi connectivity index (χ4v) is 6.15. The number of aliphatic carboxylic acids is 1. The van der Waals surface area contributed by atoms with E-state index < -0.39 is 23.8 Å². The van der Waals surface area contributed by atoms with Gasteiger partial charge in [0.15, 0.2) is 16.7 Å². The number of aromatic nitrogens is 2. The lowest BCUT2D eigenvalue weighted by atomic mass is 9.78. The zero-order valence-electron chi connectivity index (χ0n) is 20.3. The van der Waals surface area contributed by atoms with Crippen molar-refractivity contribution >= 4 is 45.0 Å². The van der Waals surface area contributed by atoms with Crippen molar-refractivity contribution in [3.63, 3.8) is 0 Å². The van der Waals surface area contributed by atoms with Gasteiger partial charge >= 0.3 is 11.9 Å². The summed E-state index contributed by atoms with van der Waals surface area (Å²) in [5.74, 6) is -0.759. The minimum atomic E-state index is -0.959. The maximum absolute atomic E-state index is 13.9. The molecule has 12 heteroatoms. The van der Waals surface area contributed by atoms with E-state index in [1.54, 1.807) is 12.3 Å². The van der Waals surface area contributed by atoms with Gasteiger partial charge in [0.05, 0.1) is 24.8 Å². The molecule has 0 saturated heterocycles. The van der Waals surface area contributed by atoms with Crippen molar-refractivity contribution in [1.82, 2.24) is 15.3 Å². The number of nitrogens with zero attached hydrogens (tertiary/aromatic N) is 3. The number of carbonyl (C=O) groups is 2. The number of methoxy groups -OCH3 is 1. The highest BCUT2D eigenvalue weighted by Gasteiger charge is 2.38. The van der Waals surface area contributed by atoms with E-state index in [1.807, 2.05) is 5.38 Å². The highest BCUT2D eigenvalue weighted by molar-refractivity contribution is 9.10. The number of carbonyl (C=O) groups excluding carboxylic acids is 1. The molecule has 2 aromatic heterocycles. The zero-order chi connectivity index (χ0) is 26.8. The Bertz CT molecular complexity index is 1410. The van der Waals surface area contributed by atoms with Crippen molar-refractivity contribution in [2.75, 3.05) is 7.11 Å². The number of hydrogen-bond acceptors (Lipinski definition) is 9. The number of hydrogen-bond donors (Lipinski definition) is 2. The van der Waals surface area contributed by atoms with Gasteiger partial charge in [-0.25, -0.2) is 19.2 Å². The van der Waals surface area contributed by atoms with Crippen LogP contribution < -0.4 is 5.32 Å². The van der Waals surface area contributed by atoms with Gasteiger partial charge in [-0.1, -0.05) is 22.0 Å². The number of thiazole rings is 1. The number of aliphatic imine (C=N–C) groups is 1. The van der Waals surface area contributed by atoms with Crippen LogP contribution in [0.5, 0.6) is 0 Å². The molecule has 1 aliphatic heterocycles. The Hall–Kier alpha value is -3.38. The Labute approximate surface area is 230 Å². The van der Waals surface area contributed by atoms with Gasteiger partial charge in [-0.3, -0.25) is 9.79 Å². The summed E-state index contributed by atoms with van der Waals surface area (Å²) in [6.45, 7) is 0. The van der Waals surface area contributed by atoms with Crippen LogP contribution in [0.2, 0.25) is 0 Å². The molecule has 1 saturated carbocycles. The quantitative estimate of drug-likeness (QED) is 0.355. The second-order valence-electron chi connectivity index (χ2n) is 9.12. The van der Waals surface area contributed by atoms with E-state index in [1.165, 1.54) is 36.8 Å². The highest BCUT2D eigenvalue weighted by atomic mass is 79.9. The minimum Gasteiger partial charge on any atom is -0.481 e. The molecule has 0 spiro atoms. The van der Waals surface area contributed by atoms with Crippen molar-refractivity contribution in [2.45, 2.75) is 44.1 Å². The van der Waals surface area contributed by atoms with Gasteiger partial charge < -0.3 is 19.6 Å². The largest absolute Gasteiger partial charge is 0.481 e. The number of carboxylic acids is 1. The number of oxazole rings is 1. The van der Waals surface area contributed by atoms with Crippen LogP contribution in [0.3, 0.4) is 0 Å². The summed E-state index contributed by atoms with van der Waals surface area (Å²) in [6, 6.07) is 3.59. The number of esters is 1. The smallest absolute Gasteiger partial charge is 0.338 e. The molecule has 1 unspecified atom stereocenters. The Morgan fingerprint density at radius 3 is 2.68 bits per heavy atom. The lowest BCUT2D eigenvalue weighted by Gasteiger charge is -2.34. The SMILES string of the molecule is COC(=O)C1=C(C2CCC(c3nc(CC(=O)O)co3)CC2)NC(c2nccs2)=NC1c1ccc(F)cc1Br. The normalized spacial score (nSPS) is 21.6. The van der Waals surface area contributed by atoms with Gasteiger partial charge in [0.1, 0.15) is 18.1 Å². The highest BCUT2D eigenvalue weighted by Crippen LogP contribution is 2.43. The van der Waals surface area contributed by atoms with Crippen LogP contribution in [0.15, 0.2) is 61.2 Å². The van der Waals surface area contributed by atoms with Gasteiger partial charge in [-0.15, -0.1) is 11.3 Å². The molecule has 3 aromatic rings. The molecule has 1 atom stereocenters. The van der Waals surface area contributed by atoms with E-state index in [0.29, 0.717) is 38.0 Å². The average molecular weight is 603 g/mol. The molecule has 2 N–H and O–H groups in total. The lowest BCUT2D eigenvalue weighted by Crippen LogP contribution is -2.37. The van der Waals surface area contributed by atoms with Crippen LogP contribution in [0.1, 0.15) is 59.8 Å². The van der Waals surface area contributed by atoms with E-state index in [2.05, 4.69) is 31.2 Å². The molecular weight excluding hydrogens is 579 g/mol. The Morgan fingerprint density at radius 1 is 1.26 bits per heavy atom. The fraction of sp³-hybridized carbons (Fsp3) is 0.346. The molecule has 0 amide bonds. The van der Waals surface area contributed by atoms with Crippen molar-refractivity contribution in [3.8, 4) is 0 Å². The predicted octanol–water partition coefficient (Wildman–Crippen LogP) is 5.15. The molecule has 3 heterocycles. The Morgan fingerprint density at radius 2 is 2.03 bits per heavy atom.